The van der Waals surface area contributed by atoms with Crippen molar-refractivity contribution in [2.75, 3.05) is 16.9 Å². The molecule has 0 aliphatic heterocycles. The molecule has 3 aromatic carbocycles. The van der Waals surface area contributed by atoms with Crippen molar-refractivity contribution in [3.63, 3.8) is 0 Å². The number of nitrogens with one attached hydrogen (secondary N) is 2. The number of rotatable bonds is 8. The Labute approximate surface area is 315 Å². The second-order valence-electron chi connectivity index (χ2n) is 11.8. The van der Waals surface area contributed by atoms with Crippen molar-refractivity contribution in [1.82, 2.24) is 19.5 Å². The van der Waals surface area contributed by atoms with E-state index in [1.165, 1.54) is 23.9 Å². The molecule has 286 valence electrons. The van der Waals surface area contributed by atoms with Crippen molar-refractivity contribution in [3.8, 4) is 16.9 Å². The highest BCUT2D eigenvalue weighted by Gasteiger charge is 2.31. The second kappa shape index (κ2) is 18.5. The van der Waals surface area contributed by atoms with Crippen LogP contribution in [0.25, 0.3) is 16.9 Å². The van der Waals surface area contributed by atoms with Gasteiger partial charge in [-0.2, -0.15) is 17.7 Å². The number of halogens is 3. The number of nitrogens with zero attached hydrogens (tertiary/aromatic N) is 5. The lowest BCUT2D eigenvalue weighted by molar-refractivity contribution is -0.727. The number of hydrogen-bond donors (Lipinski definition) is 2. The maximum absolute atomic E-state index is 13.7. The minimum atomic E-state index is -4.62. The summed E-state index contributed by atoms with van der Waals surface area (Å²) in [6, 6.07) is 25.6. The molecule has 0 atom stereocenters. The van der Waals surface area contributed by atoms with Crippen LogP contribution in [0.15, 0.2) is 122 Å². The third-order valence-corrected chi connectivity index (χ3v) is 7.15. The van der Waals surface area contributed by atoms with E-state index >= 15 is 0 Å². The Morgan fingerprint density at radius 3 is 2.22 bits per heavy atom. The van der Waals surface area contributed by atoms with Crippen molar-refractivity contribution in [2.24, 2.45) is 0 Å². The molecule has 3 heterocycles. The minimum absolute atomic E-state index is 0.0221. The Balaban J connectivity index is 0.000000530. The molecule has 0 unspecified atom stereocenters. The lowest BCUT2D eigenvalue weighted by Gasteiger charge is -2.14. The Kier molecular flexibility index (Phi) is 13.9. The molecule has 17 heteroatoms. The Hall–Kier alpha value is -6.46. The monoisotopic (exact) mass is 775 g/mol. The molecule has 13 nitrogen and oxygen atoms in total. The van der Waals surface area contributed by atoms with Gasteiger partial charge in [0.15, 0.2) is 12.4 Å². The number of amides is 1. The third-order valence-electron chi connectivity index (χ3n) is 7.15. The normalized spacial score (nSPS) is 10.9. The van der Waals surface area contributed by atoms with Crippen LogP contribution >= 0.6 is 0 Å². The predicted molar refractivity (Wildman–Crippen MR) is 197 cm³/mol. The summed E-state index contributed by atoms with van der Waals surface area (Å²) in [5.74, 6) is -0.736. The van der Waals surface area contributed by atoms with Crippen LogP contribution < -0.4 is 15.2 Å². The quantitative estimate of drug-likeness (QED) is 0.0973. The van der Waals surface area contributed by atoms with E-state index in [9.17, 15) is 22.8 Å². The molecule has 55 heavy (non-hydrogen) atoms. The van der Waals surface area contributed by atoms with Crippen molar-refractivity contribution in [3.05, 3.63) is 144 Å². The average molecular weight is 776 g/mol. The number of alkyl halides is 3. The first kappa shape index (κ1) is 41.3. The van der Waals surface area contributed by atoms with Crippen LogP contribution in [0.3, 0.4) is 0 Å². The van der Waals surface area contributed by atoms with Gasteiger partial charge in [0.05, 0.1) is 39.0 Å². The SMILES string of the molecule is CC(=O)OC[n+]1cccc(-c2ccnc(Nc3cc(C(=O)Nc4cc(-n5cnc(C)c5)cc(C(F)(F)F)c4)ccc3C)n2)c1.CS(=O)(=O)[O-].c1ccccc1. The summed E-state index contributed by atoms with van der Waals surface area (Å²) in [4.78, 5) is 37.3. The van der Waals surface area contributed by atoms with Gasteiger partial charge in [-0.25, -0.2) is 23.4 Å². The maximum Gasteiger partial charge on any atom is 0.416 e. The van der Waals surface area contributed by atoms with Gasteiger partial charge >= 0.3 is 12.1 Å². The van der Waals surface area contributed by atoms with Crippen LogP contribution in [0.2, 0.25) is 0 Å². The summed E-state index contributed by atoms with van der Waals surface area (Å²) >= 11 is 0. The average Bonchev–Trinajstić information content (AvgIpc) is 3.58. The van der Waals surface area contributed by atoms with Gasteiger partial charge < -0.3 is 24.5 Å². The van der Waals surface area contributed by atoms with Gasteiger partial charge in [0.1, 0.15) is 0 Å². The molecule has 0 bridgehead atoms. The number of carbonyl (C=O) groups excluding carboxylic acids is 2. The lowest BCUT2D eigenvalue weighted by atomic mass is 10.1. The molecule has 0 aliphatic carbocycles. The highest BCUT2D eigenvalue weighted by Crippen LogP contribution is 2.33. The van der Waals surface area contributed by atoms with Crippen molar-refractivity contribution in [1.29, 1.82) is 0 Å². The summed E-state index contributed by atoms with van der Waals surface area (Å²) < 4.78 is 76.5. The van der Waals surface area contributed by atoms with Gasteiger partial charge in [-0.05, 0) is 61.9 Å². The molecule has 0 radical (unpaired) electrons. The molecule has 1 amide bonds. The van der Waals surface area contributed by atoms with E-state index in [0.717, 1.165) is 23.3 Å². The first-order valence-corrected chi connectivity index (χ1v) is 18.1. The summed E-state index contributed by atoms with van der Waals surface area (Å²) in [6.07, 6.45) is 4.09. The standard InChI is InChI=1S/C31H26F3N7O3.C6H6.CH4O3S/c1-19-6-7-22(29(43)37-25-12-24(31(32,33)34)13-26(14-25)41-15-20(2)36-17-41)11-28(19)39-30-35-9-8-27(38-30)23-5-4-10-40(16-23)18-44-21(3)42;1-2-4-6-5-3-1;1-5(2,3)4/h4-17H,18H2,1-3H3,(H-,35,37,38,39,43);1-6H;1H3,(H,2,3,4). The van der Waals surface area contributed by atoms with Crippen LogP contribution in [0.1, 0.15) is 34.1 Å². The molecule has 2 N–H and O–H groups in total. The number of aryl methyl sites for hydroxylation is 2. The predicted octanol–water partition coefficient (Wildman–Crippen LogP) is 6.62. The van der Waals surface area contributed by atoms with Crippen LogP contribution in [0.5, 0.6) is 0 Å². The fourth-order valence-corrected chi connectivity index (χ4v) is 4.66. The van der Waals surface area contributed by atoms with Crippen LogP contribution in [0, 0.1) is 13.8 Å². The number of carbonyl (C=O) groups is 2. The van der Waals surface area contributed by atoms with E-state index in [-0.39, 0.29) is 29.6 Å². The third kappa shape index (κ3) is 13.8. The topological polar surface area (TPSA) is 172 Å². The Morgan fingerprint density at radius 2 is 1.62 bits per heavy atom. The van der Waals surface area contributed by atoms with Gasteiger partial charge in [0, 0.05) is 54.3 Å². The van der Waals surface area contributed by atoms with E-state index in [2.05, 4.69) is 25.6 Å². The molecule has 6 aromatic rings. The fraction of sp³-hybridized carbons (Fsp3) is 0.158. The van der Waals surface area contributed by atoms with E-state index in [1.807, 2.05) is 49.4 Å². The summed E-state index contributed by atoms with van der Waals surface area (Å²) in [6.45, 7) is 4.94. The molecule has 6 rings (SSSR count). The molecule has 0 saturated carbocycles. The highest BCUT2D eigenvalue weighted by molar-refractivity contribution is 7.84. The van der Waals surface area contributed by atoms with Gasteiger partial charge in [-0.15, -0.1) is 0 Å². The number of ether oxygens (including phenoxy) is 1. The number of benzene rings is 3. The number of hydrogen-bond acceptors (Lipinski definition) is 10. The van der Waals surface area contributed by atoms with E-state index in [4.69, 9.17) is 17.7 Å². The zero-order chi connectivity index (χ0) is 40.2. The first-order valence-electron chi connectivity index (χ1n) is 16.2. The van der Waals surface area contributed by atoms with Crippen molar-refractivity contribution < 1.29 is 45.0 Å². The molecular formula is C38H36F3N7O6S. The van der Waals surface area contributed by atoms with E-state index < -0.39 is 33.7 Å². The summed E-state index contributed by atoms with van der Waals surface area (Å²) in [5, 5.41) is 5.71. The Bertz CT molecular complexity index is 2320. The fourth-order valence-electron chi connectivity index (χ4n) is 4.66. The van der Waals surface area contributed by atoms with Gasteiger partial charge in [0.2, 0.25) is 5.95 Å². The number of anilines is 3. The zero-order valence-corrected chi connectivity index (χ0v) is 30.8. The van der Waals surface area contributed by atoms with Crippen LogP contribution in [0.4, 0.5) is 30.5 Å². The maximum atomic E-state index is 13.7. The number of esters is 1. The van der Waals surface area contributed by atoms with Crippen LogP contribution in [-0.2, 0) is 32.6 Å². The largest absolute Gasteiger partial charge is 0.748 e. The van der Waals surface area contributed by atoms with Crippen LogP contribution in [-0.4, -0.2) is 50.6 Å². The molecule has 0 spiro atoms. The minimum Gasteiger partial charge on any atom is -0.748 e. The Morgan fingerprint density at radius 1 is 0.945 bits per heavy atom. The number of imidazole rings is 1. The number of pyridine rings is 1. The molecule has 0 fully saturated rings. The zero-order valence-electron chi connectivity index (χ0n) is 30.0. The second-order valence-corrected chi connectivity index (χ2v) is 13.2. The molecule has 0 aliphatic rings. The van der Waals surface area contributed by atoms with E-state index in [1.54, 1.807) is 66.6 Å². The summed E-state index contributed by atoms with van der Waals surface area (Å²) in [7, 11) is -3.92. The van der Waals surface area contributed by atoms with E-state index in [0.29, 0.717) is 23.3 Å². The van der Waals surface area contributed by atoms with Gasteiger partial charge in [-0.1, -0.05) is 42.5 Å². The number of aromatic nitrogens is 5. The van der Waals surface area contributed by atoms with Crippen molar-refractivity contribution >= 4 is 39.3 Å². The molecule has 3 aromatic heterocycles. The molecule has 0 saturated heterocycles. The lowest BCUT2D eigenvalue weighted by Crippen LogP contribution is -2.35. The van der Waals surface area contributed by atoms with Crippen molar-refractivity contribution in [2.45, 2.75) is 33.7 Å². The summed E-state index contributed by atoms with van der Waals surface area (Å²) in [5.41, 5.74) is 2.78. The van der Waals surface area contributed by atoms with Gasteiger partial charge in [0.25, 0.3) is 12.6 Å². The first-order chi connectivity index (χ1) is 25.9. The molecular weight excluding hydrogens is 740 g/mol. The highest BCUT2D eigenvalue weighted by atomic mass is 32.2. The van der Waals surface area contributed by atoms with Gasteiger partial charge in [-0.3, -0.25) is 9.59 Å². The smallest absolute Gasteiger partial charge is 0.416 e.